The Kier molecular flexibility index (Phi) is 7.47. The molecule has 1 aromatic heterocycles. The van der Waals surface area contributed by atoms with E-state index in [2.05, 4.69) is 12.2 Å². The smallest absolute Gasteiger partial charge is 0.341 e. The number of amides is 1. The van der Waals surface area contributed by atoms with E-state index in [0.717, 1.165) is 17.5 Å². The SMILES string of the molecule is CCOC(=O)c1c(-c2ccc(CC)cc2)csc1NC(=O)CCCCl. The molecule has 0 saturated carbocycles. The van der Waals surface area contributed by atoms with Gasteiger partial charge in [-0.3, -0.25) is 4.79 Å². The maximum absolute atomic E-state index is 12.5. The van der Waals surface area contributed by atoms with E-state index in [9.17, 15) is 9.59 Å². The molecule has 6 heteroatoms. The van der Waals surface area contributed by atoms with Crippen LogP contribution in [0.1, 0.15) is 42.6 Å². The molecule has 4 nitrogen and oxygen atoms in total. The maximum atomic E-state index is 12.5. The van der Waals surface area contributed by atoms with Crippen LogP contribution < -0.4 is 5.32 Å². The van der Waals surface area contributed by atoms with Crippen LogP contribution in [-0.2, 0) is 16.0 Å². The van der Waals surface area contributed by atoms with Crippen LogP contribution in [0.4, 0.5) is 5.00 Å². The summed E-state index contributed by atoms with van der Waals surface area (Å²) >= 11 is 6.96. The third kappa shape index (κ3) is 5.06. The molecule has 0 atom stereocenters. The molecule has 134 valence electrons. The van der Waals surface area contributed by atoms with Crippen molar-refractivity contribution in [2.24, 2.45) is 0 Å². The molecule has 0 radical (unpaired) electrons. The lowest BCUT2D eigenvalue weighted by Gasteiger charge is -2.09. The first-order valence-corrected chi connectivity index (χ1v) is 9.75. The average Bonchev–Trinajstić information content (AvgIpc) is 3.03. The highest BCUT2D eigenvalue weighted by Gasteiger charge is 2.22. The summed E-state index contributed by atoms with van der Waals surface area (Å²) in [6, 6.07) is 8.06. The molecule has 1 amide bonds. The number of hydrogen-bond donors (Lipinski definition) is 1. The molecule has 0 aliphatic rings. The quantitative estimate of drug-likeness (QED) is 0.512. The highest BCUT2D eigenvalue weighted by molar-refractivity contribution is 7.15. The second-order valence-electron chi connectivity index (χ2n) is 5.47. The van der Waals surface area contributed by atoms with Crippen molar-refractivity contribution < 1.29 is 14.3 Å². The summed E-state index contributed by atoms with van der Waals surface area (Å²) < 4.78 is 5.19. The summed E-state index contributed by atoms with van der Waals surface area (Å²) in [4.78, 5) is 24.5. The fourth-order valence-electron chi connectivity index (χ4n) is 2.40. The third-order valence-corrected chi connectivity index (χ3v) is 4.90. The maximum Gasteiger partial charge on any atom is 0.341 e. The minimum atomic E-state index is -0.425. The van der Waals surface area contributed by atoms with Crippen molar-refractivity contribution in [3.8, 4) is 11.1 Å². The fraction of sp³-hybridized carbons (Fsp3) is 0.368. The zero-order valence-corrected chi connectivity index (χ0v) is 16.0. The molecule has 0 saturated heterocycles. The molecular weight excluding hydrogens is 358 g/mol. The zero-order chi connectivity index (χ0) is 18.2. The highest BCUT2D eigenvalue weighted by Crippen LogP contribution is 2.36. The molecule has 0 bridgehead atoms. The number of alkyl halides is 1. The minimum absolute atomic E-state index is 0.152. The number of carbonyl (C=O) groups excluding carboxylic acids is 2. The van der Waals surface area contributed by atoms with Gasteiger partial charge >= 0.3 is 5.97 Å². The zero-order valence-electron chi connectivity index (χ0n) is 14.4. The number of anilines is 1. The number of rotatable bonds is 8. The molecule has 25 heavy (non-hydrogen) atoms. The van der Waals surface area contributed by atoms with E-state index >= 15 is 0 Å². The molecule has 2 rings (SSSR count). The summed E-state index contributed by atoms with van der Waals surface area (Å²) in [7, 11) is 0. The molecule has 0 fully saturated rings. The topological polar surface area (TPSA) is 55.4 Å². The Hall–Kier alpha value is -1.85. The summed E-state index contributed by atoms with van der Waals surface area (Å²) in [6.45, 7) is 4.14. The van der Waals surface area contributed by atoms with Gasteiger partial charge in [-0.15, -0.1) is 22.9 Å². The Balaban J connectivity index is 2.35. The standard InChI is InChI=1S/C19H22ClNO3S/c1-3-13-7-9-14(10-8-13)15-12-25-18(17(15)19(23)24-4-2)21-16(22)6-5-11-20/h7-10,12H,3-6,11H2,1-2H3,(H,21,22). The Morgan fingerprint density at radius 1 is 1.20 bits per heavy atom. The molecule has 1 heterocycles. The number of hydrogen-bond acceptors (Lipinski definition) is 4. The number of nitrogens with one attached hydrogen (secondary N) is 1. The summed E-state index contributed by atoms with van der Waals surface area (Å²) in [5, 5.41) is 5.22. The van der Waals surface area contributed by atoms with Gasteiger partial charge in [0.15, 0.2) is 0 Å². The van der Waals surface area contributed by atoms with Crippen LogP contribution >= 0.6 is 22.9 Å². The fourth-order valence-corrected chi connectivity index (χ4v) is 3.51. The van der Waals surface area contributed by atoms with E-state index in [-0.39, 0.29) is 12.5 Å². The van der Waals surface area contributed by atoms with Gasteiger partial charge in [0.25, 0.3) is 0 Å². The van der Waals surface area contributed by atoms with Crippen molar-refractivity contribution in [3.05, 3.63) is 40.8 Å². The number of esters is 1. The molecule has 0 aliphatic heterocycles. The normalized spacial score (nSPS) is 10.5. The van der Waals surface area contributed by atoms with Gasteiger partial charge in [0.1, 0.15) is 10.6 Å². The molecule has 0 unspecified atom stereocenters. The Morgan fingerprint density at radius 2 is 1.92 bits per heavy atom. The van der Waals surface area contributed by atoms with E-state index in [0.29, 0.717) is 29.3 Å². The second kappa shape index (κ2) is 9.59. The van der Waals surface area contributed by atoms with Crippen LogP contribution in [0.5, 0.6) is 0 Å². The first-order chi connectivity index (χ1) is 12.1. The first-order valence-electron chi connectivity index (χ1n) is 8.34. The van der Waals surface area contributed by atoms with Crippen LogP contribution in [0.25, 0.3) is 11.1 Å². The lowest BCUT2D eigenvalue weighted by Crippen LogP contribution is -2.14. The Labute approximate surface area is 157 Å². The summed E-state index contributed by atoms with van der Waals surface area (Å²) in [5.74, 6) is -0.149. The van der Waals surface area contributed by atoms with Crippen LogP contribution in [0.3, 0.4) is 0 Å². The molecular formula is C19H22ClNO3S. The van der Waals surface area contributed by atoms with Crippen LogP contribution in [0, 0.1) is 0 Å². The van der Waals surface area contributed by atoms with Gasteiger partial charge in [0.2, 0.25) is 5.91 Å². The van der Waals surface area contributed by atoms with E-state index in [1.165, 1.54) is 16.9 Å². The lowest BCUT2D eigenvalue weighted by molar-refractivity contribution is -0.116. The second-order valence-corrected chi connectivity index (χ2v) is 6.72. The van der Waals surface area contributed by atoms with Crippen molar-refractivity contribution in [3.63, 3.8) is 0 Å². The van der Waals surface area contributed by atoms with E-state index in [1.54, 1.807) is 6.92 Å². The summed E-state index contributed by atoms with van der Waals surface area (Å²) in [6.07, 6.45) is 1.87. The molecule has 1 N–H and O–H groups in total. The third-order valence-electron chi connectivity index (χ3n) is 3.73. The Bertz CT molecular complexity index is 725. The van der Waals surface area contributed by atoms with Crippen LogP contribution in [0.15, 0.2) is 29.6 Å². The molecule has 2 aromatic rings. The van der Waals surface area contributed by atoms with Gasteiger partial charge < -0.3 is 10.1 Å². The number of ether oxygens (including phenoxy) is 1. The number of benzene rings is 1. The highest BCUT2D eigenvalue weighted by atomic mass is 35.5. The largest absolute Gasteiger partial charge is 0.462 e. The van der Waals surface area contributed by atoms with Gasteiger partial charge in [-0.2, -0.15) is 0 Å². The van der Waals surface area contributed by atoms with E-state index in [1.807, 2.05) is 29.6 Å². The minimum Gasteiger partial charge on any atom is -0.462 e. The predicted molar refractivity (Wildman–Crippen MR) is 104 cm³/mol. The molecule has 0 aliphatic carbocycles. The van der Waals surface area contributed by atoms with Crippen LogP contribution in [0.2, 0.25) is 0 Å². The number of halogens is 1. The van der Waals surface area contributed by atoms with Crippen molar-refractivity contribution >= 4 is 39.8 Å². The van der Waals surface area contributed by atoms with Gasteiger partial charge in [0, 0.05) is 23.2 Å². The van der Waals surface area contributed by atoms with Crippen molar-refractivity contribution in [2.45, 2.75) is 33.1 Å². The number of thiophene rings is 1. The number of carbonyl (C=O) groups is 2. The Morgan fingerprint density at radius 3 is 2.52 bits per heavy atom. The van der Waals surface area contributed by atoms with Crippen molar-refractivity contribution in [2.75, 3.05) is 17.8 Å². The average molecular weight is 380 g/mol. The van der Waals surface area contributed by atoms with E-state index in [4.69, 9.17) is 16.3 Å². The molecule has 0 spiro atoms. The van der Waals surface area contributed by atoms with Gasteiger partial charge in [-0.1, -0.05) is 31.2 Å². The van der Waals surface area contributed by atoms with Crippen molar-refractivity contribution in [1.29, 1.82) is 0 Å². The monoisotopic (exact) mass is 379 g/mol. The number of aryl methyl sites for hydroxylation is 1. The van der Waals surface area contributed by atoms with Crippen molar-refractivity contribution in [1.82, 2.24) is 0 Å². The van der Waals surface area contributed by atoms with Gasteiger partial charge in [-0.25, -0.2) is 4.79 Å². The predicted octanol–water partition coefficient (Wildman–Crippen LogP) is 5.11. The van der Waals surface area contributed by atoms with Gasteiger partial charge in [-0.05, 0) is 30.9 Å². The van der Waals surface area contributed by atoms with Crippen LogP contribution in [-0.4, -0.2) is 24.4 Å². The molecule has 1 aromatic carbocycles. The summed E-state index contributed by atoms with van der Waals surface area (Å²) in [5.41, 5.74) is 3.35. The first kappa shape index (κ1) is 19.5. The lowest BCUT2D eigenvalue weighted by atomic mass is 10.0. The van der Waals surface area contributed by atoms with Gasteiger partial charge in [0.05, 0.1) is 6.61 Å². The van der Waals surface area contributed by atoms with E-state index < -0.39 is 5.97 Å².